The average Bonchev–Trinajstić information content (AvgIpc) is 2.35. The van der Waals surface area contributed by atoms with E-state index in [4.69, 9.17) is 5.73 Å². The fourth-order valence-corrected chi connectivity index (χ4v) is 1.56. The van der Waals surface area contributed by atoms with Gasteiger partial charge in [0.2, 0.25) is 5.95 Å². The van der Waals surface area contributed by atoms with Crippen LogP contribution in [-0.4, -0.2) is 29.6 Å². The van der Waals surface area contributed by atoms with E-state index >= 15 is 0 Å². The zero-order valence-electron chi connectivity index (χ0n) is 11.3. The lowest BCUT2D eigenvalue weighted by molar-refractivity contribution is -0.141. The van der Waals surface area contributed by atoms with Gasteiger partial charge in [-0.3, -0.25) is 0 Å². The highest BCUT2D eigenvalue weighted by molar-refractivity contribution is 5.31. The van der Waals surface area contributed by atoms with E-state index in [1.165, 1.54) is 0 Å². The molecule has 1 aromatic heterocycles. The van der Waals surface area contributed by atoms with Crippen LogP contribution in [0.3, 0.4) is 0 Å². The Kier molecular flexibility index (Phi) is 4.73. The lowest BCUT2D eigenvalue weighted by Gasteiger charge is -2.31. The van der Waals surface area contributed by atoms with E-state index in [-0.39, 0.29) is 11.4 Å². The smallest absolute Gasteiger partial charge is 0.341 e. The van der Waals surface area contributed by atoms with E-state index in [1.807, 2.05) is 20.8 Å². The number of hydrogen-bond acceptors (Lipinski definition) is 4. The second-order valence-corrected chi connectivity index (χ2v) is 5.12. The highest BCUT2D eigenvalue weighted by atomic mass is 19.4. The summed E-state index contributed by atoms with van der Waals surface area (Å²) in [4.78, 5) is 9.20. The second kappa shape index (κ2) is 5.73. The SMILES string of the molecule is CCN(CC(C)(C)CN)c1nccc(C(F)(F)F)n1. The Morgan fingerprint density at radius 3 is 2.42 bits per heavy atom. The largest absolute Gasteiger partial charge is 0.433 e. The van der Waals surface area contributed by atoms with Crippen LogP contribution in [0.4, 0.5) is 19.1 Å². The van der Waals surface area contributed by atoms with E-state index in [0.29, 0.717) is 19.6 Å². The van der Waals surface area contributed by atoms with Crippen LogP contribution in [0, 0.1) is 5.41 Å². The Hall–Kier alpha value is -1.37. The predicted molar refractivity (Wildman–Crippen MR) is 67.8 cm³/mol. The van der Waals surface area contributed by atoms with Crippen molar-refractivity contribution >= 4 is 5.95 Å². The van der Waals surface area contributed by atoms with Crippen molar-refractivity contribution in [1.29, 1.82) is 0 Å². The molecule has 0 amide bonds. The number of rotatable bonds is 5. The minimum Gasteiger partial charge on any atom is -0.341 e. The third kappa shape index (κ3) is 4.34. The highest BCUT2D eigenvalue weighted by Crippen LogP contribution is 2.28. The summed E-state index contributed by atoms with van der Waals surface area (Å²) >= 11 is 0. The van der Waals surface area contributed by atoms with Crippen LogP contribution < -0.4 is 10.6 Å². The van der Waals surface area contributed by atoms with Crippen molar-refractivity contribution in [2.24, 2.45) is 11.1 Å². The fraction of sp³-hybridized carbons (Fsp3) is 0.667. The van der Waals surface area contributed by atoms with E-state index in [9.17, 15) is 13.2 Å². The number of halogens is 3. The standard InChI is InChI=1S/C12H19F3N4/c1-4-19(8-11(2,3)7-16)10-17-6-5-9(18-10)12(13,14)15/h5-6H,4,7-8,16H2,1-3H3. The topological polar surface area (TPSA) is 55.0 Å². The molecule has 0 aliphatic carbocycles. The molecule has 0 aromatic carbocycles. The monoisotopic (exact) mass is 276 g/mol. The van der Waals surface area contributed by atoms with Gasteiger partial charge in [0, 0.05) is 19.3 Å². The average molecular weight is 276 g/mol. The summed E-state index contributed by atoms with van der Waals surface area (Å²) in [7, 11) is 0. The zero-order chi connectivity index (χ0) is 14.7. The molecular formula is C12H19F3N4. The number of anilines is 1. The molecule has 1 aromatic rings. The quantitative estimate of drug-likeness (QED) is 0.896. The van der Waals surface area contributed by atoms with E-state index in [0.717, 1.165) is 12.3 Å². The van der Waals surface area contributed by atoms with Crippen LogP contribution >= 0.6 is 0 Å². The maximum atomic E-state index is 12.6. The summed E-state index contributed by atoms with van der Waals surface area (Å²) in [6, 6.07) is 0.866. The molecule has 0 radical (unpaired) electrons. The Morgan fingerprint density at radius 2 is 1.95 bits per heavy atom. The molecule has 0 fully saturated rings. The maximum absolute atomic E-state index is 12.6. The summed E-state index contributed by atoms with van der Waals surface area (Å²) < 4.78 is 37.8. The Morgan fingerprint density at radius 1 is 1.32 bits per heavy atom. The van der Waals surface area contributed by atoms with Gasteiger partial charge < -0.3 is 10.6 Å². The third-order valence-corrected chi connectivity index (χ3v) is 2.77. The molecule has 0 bridgehead atoms. The molecule has 0 aliphatic heterocycles. The molecular weight excluding hydrogens is 257 g/mol. The van der Waals surface area contributed by atoms with Gasteiger partial charge in [-0.1, -0.05) is 13.8 Å². The van der Waals surface area contributed by atoms with Crippen molar-refractivity contribution in [1.82, 2.24) is 9.97 Å². The van der Waals surface area contributed by atoms with Gasteiger partial charge in [0.05, 0.1) is 0 Å². The number of hydrogen-bond donors (Lipinski definition) is 1. The lowest BCUT2D eigenvalue weighted by atomic mass is 9.93. The van der Waals surface area contributed by atoms with Gasteiger partial charge in [0.15, 0.2) is 0 Å². The van der Waals surface area contributed by atoms with Crippen LogP contribution in [-0.2, 0) is 6.18 Å². The van der Waals surface area contributed by atoms with Crippen LogP contribution in [0.25, 0.3) is 0 Å². The van der Waals surface area contributed by atoms with Gasteiger partial charge in [-0.15, -0.1) is 0 Å². The first kappa shape index (κ1) is 15.7. The first-order valence-electron chi connectivity index (χ1n) is 6.05. The maximum Gasteiger partial charge on any atom is 0.433 e. The molecule has 108 valence electrons. The molecule has 1 heterocycles. The van der Waals surface area contributed by atoms with Gasteiger partial charge in [-0.2, -0.15) is 13.2 Å². The normalized spacial score (nSPS) is 12.6. The molecule has 2 N–H and O–H groups in total. The predicted octanol–water partition coefficient (Wildman–Crippen LogP) is 2.31. The number of aromatic nitrogens is 2. The van der Waals surface area contributed by atoms with Crippen molar-refractivity contribution in [2.45, 2.75) is 26.9 Å². The first-order chi connectivity index (χ1) is 8.69. The Balaban J connectivity index is 3.00. The summed E-state index contributed by atoms with van der Waals surface area (Å²) in [5.41, 5.74) is 4.50. The zero-order valence-corrected chi connectivity index (χ0v) is 11.3. The summed E-state index contributed by atoms with van der Waals surface area (Å²) in [6.45, 7) is 7.19. The molecule has 19 heavy (non-hydrogen) atoms. The minimum absolute atomic E-state index is 0.0823. The number of nitrogens with zero attached hydrogens (tertiary/aromatic N) is 3. The van der Waals surface area contributed by atoms with Crippen LogP contribution in [0.2, 0.25) is 0 Å². The Bertz CT molecular complexity index is 418. The van der Waals surface area contributed by atoms with E-state index in [1.54, 1.807) is 4.90 Å². The Labute approximate surface area is 110 Å². The van der Waals surface area contributed by atoms with Crippen molar-refractivity contribution in [2.75, 3.05) is 24.5 Å². The molecule has 1 rings (SSSR count). The summed E-state index contributed by atoms with van der Waals surface area (Å²) in [5, 5.41) is 0. The molecule has 7 heteroatoms. The molecule has 0 spiro atoms. The van der Waals surface area contributed by atoms with E-state index < -0.39 is 11.9 Å². The third-order valence-electron chi connectivity index (χ3n) is 2.77. The van der Waals surface area contributed by atoms with Gasteiger partial charge in [0.1, 0.15) is 5.69 Å². The molecule has 0 unspecified atom stereocenters. The second-order valence-electron chi connectivity index (χ2n) is 5.12. The minimum atomic E-state index is -4.46. The van der Waals surface area contributed by atoms with Crippen LogP contribution in [0.5, 0.6) is 0 Å². The van der Waals surface area contributed by atoms with Gasteiger partial charge >= 0.3 is 6.18 Å². The summed E-state index contributed by atoms with van der Waals surface area (Å²) in [6.07, 6.45) is -3.33. The van der Waals surface area contributed by atoms with Gasteiger partial charge in [0.25, 0.3) is 0 Å². The fourth-order valence-electron chi connectivity index (χ4n) is 1.56. The van der Waals surface area contributed by atoms with Gasteiger partial charge in [-0.05, 0) is 24.9 Å². The van der Waals surface area contributed by atoms with Crippen molar-refractivity contribution in [3.8, 4) is 0 Å². The van der Waals surface area contributed by atoms with Crippen LogP contribution in [0.15, 0.2) is 12.3 Å². The molecule has 0 atom stereocenters. The highest BCUT2D eigenvalue weighted by Gasteiger charge is 2.33. The van der Waals surface area contributed by atoms with Crippen molar-refractivity contribution in [3.63, 3.8) is 0 Å². The molecule has 0 aliphatic rings. The van der Waals surface area contributed by atoms with Crippen molar-refractivity contribution < 1.29 is 13.2 Å². The van der Waals surface area contributed by atoms with Crippen molar-refractivity contribution in [3.05, 3.63) is 18.0 Å². The first-order valence-corrected chi connectivity index (χ1v) is 6.05. The molecule has 0 saturated carbocycles. The van der Waals surface area contributed by atoms with E-state index in [2.05, 4.69) is 9.97 Å². The van der Waals surface area contributed by atoms with Crippen LogP contribution in [0.1, 0.15) is 26.5 Å². The summed E-state index contributed by atoms with van der Waals surface area (Å²) in [5.74, 6) is 0.0823. The van der Waals surface area contributed by atoms with Gasteiger partial charge in [-0.25, -0.2) is 9.97 Å². The number of nitrogens with two attached hydrogens (primary N) is 1. The lowest BCUT2D eigenvalue weighted by Crippen LogP contribution is -2.39. The number of alkyl halides is 3. The molecule has 0 saturated heterocycles. The molecule has 4 nitrogen and oxygen atoms in total.